The van der Waals surface area contributed by atoms with Crippen LogP contribution in [0.1, 0.15) is 34.0 Å². The molecule has 2 rings (SSSR count). The van der Waals surface area contributed by atoms with E-state index in [0.717, 1.165) is 29.4 Å². The zero-order valence-electron chi connectivity index (χ0n) is 8.12. The van der Waals surface area contributed by atoms with Crippen molar-refractivity contribution in [2.45, 2.75) is 20.0 Å². The number of benzene rings is 1. The van der Waals surface area contributed by atoms with E-state index < -0.39 is 0 Å². The number of hydrogen-bond acceptors (Lipinski definition) is 2. The van der Waals surface area contributed by atoms with Gasteiger partial charge in [0.05, 0.1) is 6.26 Å². The van der Waals surface area contributed by atoms with Gasteiger partial charge in [0.25, 0.3) is 0 Å². The van der Waals surface area contributed by atoms with Crippen LogP contribution in [0.25, 0.3) is 6.08 Å². The van der Waals surface area contributed by atoms with Crippen molar-refractivity contribution in [3.63, 3.8) is 0 Å². The summed E-state index contributed by atoms with van der Waals surface area (Å²) in [5.41, 5.74) is 4.05. The number of carbonyl (C=O) groups excluding carboxylic acids is 1. The fourth-order valence-corrected chi connectivity index (χ4v) is 1.66. The van der Waals surface area contributed by atoms with Crippen molar-refractivity contribution in [2.75, 3.05) is 0 Å². The fraction of sp³-hybridized carbons (Fsp3) is 0.250. The highest BCUT2D eigenvalue weighted by Crippen LogP contribution is 2.22. The molecule has 0 unspecified atom stereocenters. The van der Waals surface area contributed by atoms with E-state index in [4.69, 9.17) is 4.74 Å². The first-order valence-electron chi connectivity index (χ1n) is 4.74. The molecular formula is C12H12O2. The number of aryl methyl sites for hydroxylation is 1. The van der Waals surface area contributed by atoms with Crippen molar-refractivity contribution >= 4 is 12.4 Å². The maximum Gasteiger partial charge on any atom is 0.150 e. The van der Waals surface area contributed by atoms with Gasteiger partial charge in [-0.25, -0.2) is 0 Å². The monoisotopic (exact) mass is 188 g/mol. The van der Waals surface area contributed by atoms with Gasteiger partial charge in [0, 0.05) is 11.1 Å². The molecule has 1 aliphatic heterocycles. The van der Waals surface area contributed by atoms with Crippen molar-refractivity contribution < 1.29 is 9.53 Å². The quantitative estimate of drug-likeness (QED) is 0.667. The lowest BCUT2D eigenvalue weighted by molar-refractivity contribution is 0.111. The second-order valence-corrected chi connectivity index (χ2v) is 3.34. The van der Waals surface area contributed by atoms with Crippen molar-refractivity contribution in [1.29, 1.82) is 0 Å². The highest BCUT2D eigenvalue weighted by atomic mass is 16.5. The van der Waals surface area contributed by atoms with Gasteiger partial charge >= 0.3 is 0 Å². The molecule has 1 aromatic rings. The molecule has 0 bridgehead atoms. The molecule has 0 radical (unpaired) electrons. The molecule has 1 aliphatic rings. The molecule has 0 N–H and O–H groups in total. The summed E-state index contributed by atoms with van der Waals surface area (Å²) in [7, 11) is 0. The maximum atomic E-state index is 10.9. The first-order valence-corrected chi connectivity index (χ1v) is 4.74. The standard InChI is InChI=1S/C12H12O2/c1-2-9-5-10-3-4-14-8-12(10)11(6-9)7-13/h3-7H,2,8H2,1H3. The molecule has 2 heteroatoms. The molecule has 72 valence electrons. The number of rotatable bonds is 2. The van der Waals surface area contributed by atoms with Crippen molar-refractivity contribution in [3.8, 4) is 0 Å². The number of carbonyl (C=O) groups is 1. The van der Waals surface area contributed by atoms with Gasteiger partial charge in [0.15, 0.2) is 0 Å². The highest BCUT2D eigenvalue weighted by Gasteiger charge is 2.11. The average Bonchev–Trinajstić information content (AvgIpc) is 2.27. The summed E-state index contributed by atoms with van der Waals surface area (Å²) < 4.78 is 5.17. The second-order valence-electron chi connectivity index (χ2n) is 3.34. The fourth-order valence-electron chi connectivity index (χ4n) is 1.66. The Morgan fingerprint density at radius 2 is 2.36 bits per heavy atom. The smallest absolute Gasteiger partial charge is 0.150 e. The lowest BCUT2D eigenvalue weighted by Gasteiger charge is -2.14. The third kappa shape index (κ3) is 1.43. The minimum atomic E-state index is 0.504. The SMILES string of the molecule is CCc1cc(C=O)c2c(c1)C=COC2. The topological polar surface area (TPSA) is 26.3 Å². The summed E-state index contributed by atoms with van der Waals surface area (Å²) in [6.07, 6.45) is 5.44. The number of ether oxygens (including phenoxy) is 1. The molecule has 0 saturated carbocycles. The molecule has 0 spiro atoms. The van der Waals surface area contributed by atoms with Crippen LogP contribution in [0.15, 0.2) is 18.4 Å². The highest BCUT2D eigenvalue weighted by molar-refractivity contribution is 5.80. The number of fused-ring (bicyclic) bond motifs is 1. The molecular weight excluding hydrogens is 176 g/mol. The molecule has 0 amide bonds. The largest absolute Gasteiger partial charge is 0.496 e. The Morgan fingerprint density at radius 3 is 3.07 bits per heavy atom. The van der Waals surface area contributed by atoms with E-state index in [1.165, 1.54) is 5.56 Å². The van der Waals surface area contributed by atoms with Gasteiger partial charge in [0.2, 0.25) is 0 Å². The Balaban J connectivity index is 2.59. The molecule has 2 nitrogen and oxygen atoms in total. The molecule has 1 aromatic carbocycles. The predicted molar refractivity (Wildman–Crippen MR) is 55.0 cm³/mol. The molecule has 0 atom stereocenters. The summed E-state index contributed by atoms with van der Waals surface area (Å²) in [6.45, 7) is 2.59. The second kappa shape index (κ2) is 3.66. The minimum Gasteiger partial charge on any atom is -0.496 e. The summed E-state index contributed by atoms with van der Waals surface area (Å²) in [4.78, 5) is 10.9. The molecule has 14 heavy (non-hydrogen) atoms. The van der Waals surface area contributed by atoms with Crippen LogP contribution >= 0.6 is 0 Å². The van der Waals surface area contributed by atoms with E-state index in [9.17, 15) is 4.79 Å². The van der Waals surface area contributed by atoms with Crippen LogP contribution in [-0.2, 0) is 17.8 Å². The summed E-state index contributed by atoms with van der Waals surface area (Å²) in [5, 5.41) is 0. The number of aldehydes is 1. The lowest BCUT2D eigenvalue weighted by atomic mass is 9.97. The Labute approximate surface area is 83.2 Å². The molecule has 0 aliphatic carbocycles. The maximum absolute atomic E-state index is 10.9. The Kier molecular flexibility index (Phi) is 2.35. The van der Waals surface area contributed by atoms with Gasteiger partial charge in [0.1, 0.15) is 12.9 Å². The lowest BCUT2D eigenvalue weighted by Crippen LogP contribution is -2.03. The Bertz CT molecular complexity index is 392. The van der Waals surface area contributed by atoms with E-state index in [2.05, 4.69) is 13.0 Å². The van der Waals surface area contributed by atoms with Gasteiger partial charge in [-0.1, -0.05) is 13.0 Å². The van der Waals surface area contributed by atoms with Crippen molar-refractivity contribution in [3.05, 3.63) is 40.6 Å². The molecule has 0 saturated heterocycles. The van der Waals surface area contributed by atoms with Crippen LogP contribution in [0, 0.1) is 0 Å². The van der Waals surface area contributed by atoms with Gasteiger partial charge in [-0.2, -0.15) is 0 Å². The molecule has 0 fully saturated rings. The van der Waals surface area contributed by atoms with Crippen molar-refractivity contribution in [2.24, 2.45) is 0 Å². The van der Waals surface area contributed by atoms with Crippen LogP contribution in [-0.4, -0.2) is 6.29 Å². The number of hydrogen-bond donors (Lipinski definition) is 0. The van der Waals surface area contributed by atoms with E-state index in [1.54, 1.807) is 6.26 Å². The van der Waals surface area contributed by atoms with Crippen LogP contribution in [0.2, 0.25) is 0 Å². The summed E-state index contributed by atoms with van der Waals surface area (Å²) in [5.74, 6) is 0. The Morgan fingerprint density at radius 1 is 1.50 bits per heavy atom. The minimum absolute atomic E-state index is 0.504. The van der Waals surface area contributed by atoms with Crippen LogP contribution in [0.3, 0.4) is 0 Å². The average molecular weight is 188 g/mol. The van der Waals surface area contributed by atoms with E-state index in [-0.39, 0.29) is 0 Å². The predicted octanol–water partition coefficient (Wildman–Crippen LogP) is 2.56. The first-order chi connectivity index (χ1) is 6.85. The van der Waals surface area contributed by atoms with Crippen LogP contribution in [0.4, 0.5) is 0 Å². The van der Waals surface area contributed by atoms with E-state index in [0.29, 0.717) is 6.61 Å². The third-order valence-electron chi connectivity index (χ3n) is 2.49. The van der Waals surface area contributed by atoms with E-state index >= 15 is 0 Å². The summed E-state index contributed by atoms with van der Waals surface area (Å²) in [6, 6.07) is 4.05. The van der Waals surface area contributed by atoms with Gasteiger partial charge in [-0.15, -0.1) is 0 Å². The van der Waals surface area contributed by atoms with E-state index in [1.807, 2.05) is 12.1 Å². The van der Waals surface area contributed by atoms with Gasteiger partial charge < -0.3 is 4.74 Å². The Hall–Kier alpha value is -1.57. The molecule has 1 heterocycles. The van der Waals surface area contributed by atoms with Gasteiger partial charge in [-0.05, 0) is 29.7 Å². The van der Waals surface area contributed by atoms with Crippen LogP contribution < -0.4 is 0 Å². The zero-order valence-corrected chi connectivity index (χ0v) is 8.12. The zero-order chi connectivity index (χ0) is 9.97. The normalized spacial score (nSPS) is 13.2. The van der Waals surface area contributed by atoms with Crippen LogP contribution in [0.5, 0.6) is 0 Å². The van der Waals surface area contributed by atoms with Crippen molar-refractivity contribution in [1.82, 2.24) is 0 Å². The molecule has 0 aromatic heterocycles. The third-order valence-corrected chi connectivity index (χ3v) is 2.49. The first kappa shape index (κ1) is 9.00. The summed E-state index contributed by atoms with van der Waals surface area (Å²) >= 11 is 0. The van der Waals surface area contributed by atoms with Gasteiger partial charge in [-0.3, -0.25) is 4.79 Å².